The summed E-state index contributed by atoms with van der Waals surface area (Å²) < 4.78 is 5.51. The first-order valence-electron chi connectivity index (χ1n) is 10.7. The summed E-state index contributed by atoms with van der Waals surface area (Å²) in [5.74, 6) is 0.452. The van der Waals surface area contributed by atoms with Crippen molar-refractivity contribution in [3.63, 3.8) is 0 Å². The summed E-state index contributed by atoms with van der Waals surface area (Å²) in [6.45, 7) is 1.13. The van der Waals surface area contributed by atoms with Gasteiger partial charge in [0.1, 0.15) is 0 Å². The monoisotopic (exact) mass is 494 g/mol. The molecule has 0 N–H and O–H groups in total. The van der Waals surface area contributed by atoms with E-state index in [9.17, 15) is 14.9 Å². The van der Waals surface area contributed by atoms with Gasteiger partial charge in [-0.25, -0.2) is 9.97 Å². The van der Waals surface area contributed by atoms with E-state index in [-0.39, 0.29) is 28.1 Å². The second-order valence-corrected chi connectivity index (χ2v) is 9.27. The highest BCUT2D eigenvalue weighted by atomic mass is 35.5. The zero-order chi connectivity index (χ0) is 23.7. The molecule has 1 fully saturated rings. The summed E-state index contributed by atoms with van der Waals surface area (Å²) in [5.41, 5.74) is 2.20. The molecule has 172 valence electrons. The first-order chi connectivity index (χ1) is 16.5. The number of carbonyl (C=O) groups is 1. The molecule has 0 bridgehead atoms. The van der Waals surface area contributed by atoms with Crippen molar-refractivity contribution in [2.75, 3.05) is 13.1 Å². The van der Waals surface area contributed by atoms with Gasteiger partial charge in [0, 0.05) is 41.0 Å². The van der Waals surface area contributed by atoms with Gasteiger partial charge >= 0.3 is 0 Å². The first-order valence-corrected chi connectivity index (χ1v) is 11.9. The van der Waals surface area contributed by atoms with Crippen LogP contribution in [0.15, 0.2) is 64.7 Å². The molecule has 8 nitrogen and oxygen atoms in total. The number of nitrogens with zero attached hydrogens (tertiary/aromatic N) is 4. The number of thiazole rings is 1. The Balaban J connectivity index is 1.28. The molecular formula is C24H19ClN4O4S. The zero-order valence-corrected chi connectivity index (χ0v) is 19.5. The Bertz CT molecular complexity index is 1340. The van der Waals surface area contributed by atoms with Crippen molar-refractivity contribution in [2.45, 2.75) is 18.8 Å². The van der Waals surface area contributed by atoms with Crippen LogP contribution >= 0.6 is 22.9 Å². The van der Waals surface area contributed by atoms with E-state index in [1.54, 1.807) is 47.4 Å². The van der Waals surface area contributed by atoms with Crippen LogP contribution in [-0.4, -0.2) is 38.8 Å². The number of benzene rings is 2. The number of aromatic nitrogens is 2. The highest BCUT2D eigenvalue weighted by Gasteiger charge is 2.30. The fourth-order valence-corrected chi connectivity index (χ4v) is 5.25. The van der Waals surface area contributed by atoms with E-state index in [4.69, 9.17) is 21.0 Å². The lowest BCUT2D eigenvalue weighted by Crippen LogP contribution is -2.38. The molecular weight excluding hydrogens is 476 g/mol. The lowest BCUT2D eigenvalue weighted by atomic mass is 9.97. The van der Waals surface area contributed by atoms with Crippen LogP contribution in [0.25, 0.3) is 22.6 Å². The van der Waals surface area contributed by atoms with Crippen LogP contribution in [0.4, 0.5) is 5.69 Å². The number of rotatable bonds is 5. The van der Waals surface area contributed by atoms with Crippen LogP contribution in [0.2, 0.25) is 5.02 Å². The van der Waals surface area contributed by atoms with E-state index in [0.717, 1.165) is 23.4 Å². The minimum Gasteiger partial charge on any atom is -0.443 e. The number of piperidine rings is 1. The van der Waals surface area contributed by atoms with Gasteiger partial charge in [-0.3, -0.25) is 14.9 Å². The van der Waals surface area contributed by atoms with Gasteiger partial charge in [-0.1, -0.05) is 23.7 Å². The highest BCUT2D eigenvalue weighted by molar-refractivity contribution is 7.10. The molecule has 10 heteroatoms. The number of nitro benzene ring substituents is 1. The molecule has 1 aliphatic heterocycles. The van der Waals surface area contributed by atoms with Gasteiger partial charge in [0.15, 0.2) is 17.8 Å². The maximum Gasteiger partial charge on any atom is 0.278 e. The highest BCUT2D eigenvalue weighted by Crippen LogP contribution is 2.36. The molecule has 0 spiro atoms. The summed E-state index contributed by atoms with van der Waals surface area (Å²) in [6, 6.07) is 13.7. The summed E-state index contributed by atoms with van der Waals surface area (Å²) in [7, 11) is 0. The lowest BCUT2D eigenvalue weighted by Gasteiger charge is -2.30. The molecule has 0 aliphatic carbocycles. The van der Waals surface area contributed by atoms with Crippen LogP contribution < -0.4 is 0 Å². The molecule has 1 aliphatic rings. The molecule has 0 radical (unpaired) electrons. The van der Waals surface area contributed by atoms with Gasteiger partial charge in [-0.15, -0.1) is 11.3 Å². The number of halogens is 1. The smallest absolute Gasteiger partial charge is 0.278 e. The Morgan fingerprint density at radius 1 is 1.15 bits per heavy atom. The molecule has 4 aromatic rings. The summed E-state index contributed by atoms with van der Waals surface area (Å²) >= 11 is 7.47. The van der Waals surface area contributed by atoms with E-state index in [0.29, 0.717) is 35.1 Å². The fourth-order valence-electron chi connectivity index (χ4n) is 4.13. The predicted octanol–water partition coefficient (Wildman–Crippen LogP) is 6.05. The van der Waals surface area contributed by atoms with Gasteiger partial charge in [0.05, 0.1) is 21.2 Å². The maximum absolute atomic E-state index is 13.2. The van der Waals surface area contributed by atoms with Gasteiger partial charge in [0.2, 0.25) is 0 Å². The van der Waals surface area contributed by atoms with E-state index >= 15 is 0 Å². The molecule has 2 aromatic heterocycles. The second-order valence-electron chi connectivity index (χ2n) is 7.95. The molecule has 5 rings (SSSR count). The number of likely N-dealkylation sites (tertiary alicyclic amines) is 1. The maximum atomic E-state index is 13.2. The third-order valence-corrected chi connectivity index (χ3v) is 7.17. The minimum atomic E-state index is -0.388. The number of hydrogen-bond donors (Lipinski definition) is 0. The third-order valence-electron chi connectivity index (χ3n) is 5.91. The topological polar surface area (TPSA) is 102 Å². The van der Waals surface area contributed by atoms with Crippen LogP contribution in [-0.2, 0) is 0 Å². The molecule has 0 unspecified atom stereocenters. The number of carbonyl (C=O) groups excluding carboxylic acids is 1. The molecule has 2 aromatic carbocycles. The number of para-hydroxylation sites is 1. The third kappa shape index (κ3) is 4.32. The predicted molar refractivity (Wildman–Crippen MR) is 129 cm³/mol. The second kappa shape index (κ2) is 9.36. The average Bonchev–Trinajstić information content (AvgIpc) is 3.55. The Hall–Kier alpha value is -3.56. The number of amides is 1. The van der Waals surface area contributed by atoms with Crippen LogP contribution in [0.3, 0.4) is 0 Å². The zero-order valence-electron chi connectivity index (χ0n) is 17.9. The average molecular weight is 495 g/mol. The SMILES string of the molecule is O=C(c1ncoc1-c1ccc(Cl)cc1)N1CCC(c2nc(-c3ccccc3[N+](=O)[O-])cs2)CC1. The molecule has 1 amide bonds. The Morgan fingerprint density at radius 2 is 1.88 bits per heavy atom. The van der Waals surface area contributed by atoms with E-state index in [2.05, 4.69) is 4.98 Å². The van der Waals surface area contributed by atoms with Crippen LogP contribution in [0.5, 0.6) is 0 Å². The summed E-state index contributed by atoms with van der Waals surface area (Å²) in [6.07, 6.45) is 2.79. The number of oxazole rings is 1. The standard InChI is InChI=1S/C24H19ClN4O4S/c25-17-7-5-15(6-8-17)22-21(26-14-33-22)24(30)28-11-9-16(10-12-28)23-27-19(13-34-23)18-3-1-2-4-20(18)29(31)32/h1-8,13-14,16H,9-12H2. The summed E-state index contributed by atoms with van der Waals surface area (Å²) in [5, 5.41) is 14.8. The number of hydrogen-bond acceptors (Lipinski definition) is 7. The lowest BCUT2D eigenvalue weighted by molar-refractivity contribution is -0.384. The van der Waals surface area contributed by atoms with E-state index in [1.807, 2.05) is 5.38 Å². The molecule has 0 saturated carbocycles. The van der Waals surface area contributed by atoms with Crippen molar-refractivity contribution in [3.8, 4) is 22.6 Å². The van der Waals surface area contributed by atoms with Crippen molar-refractivity contribution in [1.82, 2.24) is 14.9 Å². The van der Waals surface area contributed by atoms with Gasteiger partial charge < -0.3 is 9.32 Å². The minimum absolute atomic E-state index is 0.0452. The fraction of sp³-hybridized carbons (Fsp3) is 0.208. The molecule has 1 saturated heterocycles. The normalized spacial score (nSPS) is 14.3. The van der Waals surface area contributed by atoms with Gasteiger partial charge in [-0.05, 0) is 43.2 Å². The van der Waals surface area contributed by atoms with Crippen molar-refractivity contribution in [1.29, 1.82) is 0 Å². The number of nitro groups is 1. The quantitative estimate of drug-likeness (QED) is 0.247. The van der Waals surface area contributed by atoms with Crippen LogP contribution in [0, 0.1) is 10.1 Å². The van der Waals surface area contributed by atoms with Crippen LogP contribution in [0.1, 0.15) is 34.3 Å². The van der Waals surface area contributed by atoms with E-state index < -0.39 is 0 Å². The Morgan fingerprint density at radius 3 is 2.62 bits per heavy atom. The van der Waals surface area contributed by atoms with Gasteiger partial charge in [-0.2, -0.15) is 0 Å². The van der Waals surface area contributed by atoms with Gasteiger partial charge in [0.25, 0.3) is 11.6 Å². The molecule has 0 atom stereocenters. The van der Waals surface area contributed by atoms with Crippen molar-refractivity contribution >= 4 is 34.5 Å². The van der Waals surface area contributed by atoms with Crippen molar-refractivity contribution in [2.24, 2.45) is 0 Å². The van der Waals surface area contributed by atoms with Crippen molar-refractivity contribution < 1.29 is 14.1 Å². The van der Waals surface area contributed by atoms with E-state index in [1.165, 1.54) is 23.8 Å². The molecule has 3 heterocycles. The summed E-state index contributed by atoms with van der Waals surface area (Å²) in [4.78, 5) is 34.8. The largest absolute Gasteiger partial charge is 0.443 e. The molecule has 34 heavy (non-hydrogen) atoms. The first kappa shape index (κ1) is 22.2. The Labute approximate surface area is 204 Å². The van der Waals surface area contributed by atoms with Crippen molar-refractivity contribution in [3.05, 3.63) is 86.1 Å². The Kier molecular flexibility index (Phi) is 6.12.